The van der Waals surface area contributed by atoms with Crippen molar-refractivity contribution in [2.75, 3.05) is 0 Å². The molecule has 0 aromatic heterocycles. The first-order valence-corrected chi connectivity index (χ1v) is 5.90. The molecule has 102 valence electrons. The summed E-state index contributed by atoms with van der Waals surface area (Å²) in [6.45, 7) is 7.50. The van der Waals surface area contributed by atoms with E-state index in [-0.39, 0.29) is 24.4 Å². The smallest absolute Gasteiger partial charge is 0.414 e. The number of carbonyl (C=O) groups is 3. The summed E-state index contributed by atoms with van der Waals surface area (Å²) in [5, 5.41) is 8.89. The molecule has 1 heterocycles. The Labute approximate surface area is 106 Å². The van der Waals surface area contributed by atoms with Crippen LogP contribution in [-0.4, -0.2) is 40.1 Å². The minimum atomic E-state index is -1.40. The third kappa shape index (κ3) is 3.00. The number of nitrogens with zero attached hydrogens (tertiary/aromatic N) is 1. The average molecular weight is 257 g/mol. The number of amides is 2. The molecule has 1 rings (SSSR count). The van der Waals surface area contributed by atoms with Crippen LogP contribution in [0.4, 0.5) is 4.79 Å². The van der Waals surface area contributed by atoms with Crippen molar-refractivity contribution in [2.24, 2.45) is 5.41 Å². The van der Waals surface area contributed by atoms with E-state index in [2.05, 4.69) is 0 Å². The Morgan fingerprint density at radius 1 is 1.44 bits per heavy atom. The van der Waals surface area contributed by atoms with Gasteiger partial charge in [0.05, 0.1) is 0 Å². The van der Waals surface area contributed by atoms with Crippen LogP contribution in [0.5, 0.6) is 0 Å². The number of likely N-dealkylation sites (tertiary alicyclic amines) is 1. The van der Waals surface area contributed by atoms with E-state index in [9.17, 15) is 14.4 Å². The van der Waals surface area contributed by atoms with Crippen molar-refractivity contribution in [3.05, 3.63) is 0 Å². The molecule has 18 heavy (non-hydrogen) atoms. The largest absolute Gasteiger partial charge is 0.465 e. The van der Waals surface area contributed by atoms with Gasteiger partial charge in [0.15, 0.2) is 0 Å². The lowest BCUT2D eigenvalue weighted by atomic mass is 9.90. The molecule has 2 amide bonds. The van der Waals surface area contributed by atoms with Crippen LogP contribution < -0.4 is 0 Å². The number of carboxylic acid groups (broad SMARTS) is 1. The van der Waals surface area contributed by atoms with Gasteiger partial charge in [-0.25, -0.2) is 14.5 Å². The molecule has 1 aliphatic rings. The van der Waals surface area contributed by atoms with Crippen molar-refractivity contribution in [3.63, 3.8) is 0 Å². The zero-order valence-electron chi connectivity index (χ0n) is 11.1. The Hall–Kier alpha value is -1.59. The standard InChI is InChI=1S/C12H19NO5/c1-7(12(2,3)4)18-10(15)8-5-6-9(14)13(8)11(16)17/h7-8H,5-6H2,1-4H3,(H,16,17). The van der Waals surface area contributed by atoms with Gasteiger partial charge in [0.1, 0.15) is 12.1 Å². The molecule has 0 aliphatic carbocycles. The Balaban J connectivity index is 2.73. The summed E-state index contributed by atoms with van der Waals surface area (Å²) in [4.78, 5) is 34.7. The molecule has 0 saturated carbocycles. The molecule has 0 aromatic rings. The zero-order valence-corrected chi connectivity index (χ0v) is 11.1. The van der Waals surface area contributed by atoms with E-state index in [1.807, 2.05) is 20.8 Å². The molecule has 0 aromatic carbocycles. The number of ether oxygens (including phenoxy) is 1. The number of rotatable bonds is 2. The molecule has 0 bridgehead atoms. The van der Waals surface area contributed by atoms with Gasteiger partial charge in [-0.2, -0.15) is 0 Å². The fourth-order valence-electron chi connectivity index (χ4n) is 1.58. The highest BCUT2D eigenvalue weighted by Gasteiger charge is 2.42. The van der Waals surface area contributed by atoms with Gasteiger partial charge >= 0.3 is 12.1 Å². The van der Waals surface area contributed by atoms with E-state index in [1.165, 1.54) is 0 Å². The van der Waals surface area contributed by atoms with E-state index in [1.54, 1.807) is 6.92 Å². The topological polar surface area (TPSA) is 83.9 Å². The van der Waals surface area contributed by atoms with Gasteiger partial charge in [0, 0.05) is 6.42 Å². The molecular weight excluding hydrogens is 238 g/mol. The lowest BCUT2D eigenvalue weighted by molar-refractivity contribution is -0.159. The summed E-state index contributed by atoms with van der Waals surface area (Å²) in [5.74, 6) is -1.20. The molecule has 1 aliphatic heterocycles. The van der Waals surface area contributed by atoms with Crippen LogP contribution in [0, 0.1) is 5.41 Å². The van der Waals surface area contributed by atoms with Crippen molar-refractivity contribution in [2.45, 2.75) is 52.7 Å². The third-order valence-corrected chi connectivity index (χ3v) is 3.20. The van der Waals surface area contributed by atoms with Crippen LogP contribution in [0.2, 0.25) is 0 Å². The van der Waals surface area contributed by atoms with Crippen LogP contribution in [0.3, 0.4) is 0 Å². The summed E-state index contributed by atoms with van der Waals surface area (Å²) in [6.07, 6.45) is -1.49. The summed E-state index contributed by atoms with van der Waals surface area (Å²) in [7, 11) is 0. The number of hydrogen-bond donors (Lipinski definition) is 1. The highest BCUT2D eigenvalue weighted by molar-refractivity contribution is 5.98. The van der Waals surface area contributed by atoms with E-state index in [0.29, 0.717) is 4.90 Å². The second-order valence-electron chi connectivity index (χ2n) is 5.55. The molecule has 0 radical (unpaired) electrons. The van der Waals surface area contributed by atoms with Crippen molar-refractivity contribution < 1.29 is 24.2 Å². The maximum absolute atomic E-state index is 11.9. The van der Waals surface area contributed by atoms with Crippen LogP contribution in [0.1, 0.15) is 40.5 Å². The number of imide groups is 1. The fourth-order valence-corrected chi connectivity index (χ4v) is 1.58. The van der Waals surface area contributed by atoms with E-state index in [0.717, 1.165) is 0 Å². The van der Waals surface area contributed by atoms with Gasteiger partial charge in [-0.3, -0.25) is 4.79 Å². The SMILES string of the molecule is CC(OC(=O)C1CCC(=O)N1C(=O)O)C(C)(C)C. The number of hydrogen-bond acceptors (Lipinski definition) is 4. The van der Waals surface area contributed by atoms with Gasteiger partial charge < -0.3 is 9.84 Å². The quantitative estimate of drug-likeness (QED) is 0.760. The monoisotopic (exact) mass is 257 g/mol. The summed E-state index contributed by atoms with van der Waals surface area (Å²) >= 11 is 0. The minimum Gasteiger partial charge on any atom is -0.465 e. The maximum atomic E-state index is 11.9. The lowest BCUT2D eigenvalue weighted by Crippen LogP contribution is -2.44. The Morgan fingerprint density at radius 3 is 2.44 bits per heavy atom. The Morgan fingerprint density at radius 2 is 2.00 bits per heavy atom. The molecule has 1 N–H and O–H groups in total. The number of carbonyl (C=O) groups excluding carboxylic acids is 2. The highest BCUT2D eigenvalue weighted by Crippen LogP contribution is 2.25. The molecule has 2 atom stereocenters. The van der Waals surface area contributed by atoms with Crippen molar-refractivity contribution in [1.29, 1.82) is 0 Å². The summed E-state index contributed by atoms with van der Waals surface area (Å²) in [5.41, 5.74) is -0.230. The van der Waals surface area contributed by atoms with E-state index >= 15 is 0 Å². The molecule has 6 nitrogen and oxygen atoms in total. The van der Waals surface area contributed by atoms with Crippen LogP contribution in [0.25, 0.3) is 0 Å². The summed E-state index contributed by atoms with van der Waals surface area (Å²) < 4.78 is 5.23. The van der Waals surface area contributed by atoms with Gasteiger partial charge in [-0.05, 0) is 18.8 Å². The van der Waals surface area contributed by atoms with Crippen LogP contribution in [-0.2, 0) is 14.3 Å². The maximum Gasteiger partial charge on any atom is 0.414 e. The minimum absolute atomic E-state index is 0.0654. The van der Waals surface area contributed by atoms with Gasteiger partial charge in [0.25, 0.3) is 0 Å². The van der Waals surface area contributed by atoms with Gasteiger partial charge in [-0.1, -0.05) is 20.8 Å². The predicted octanol–water partition coefficient (Wildman–Crippen LogP) is 1.63. The molecule has 0 spiro atoms. The second kappa shape index (κ2) is 4.96. The summed E-state index contributed by atoms with van der Waals surface area (Å²) in [6, 6.07) is -1.00. The van der Waals surface area contributed by atoms with Crippen molar-refractivity contribution >= 4 is 18.0 Å². The predicted molar refractivity (Wildman–Crippen MR) is 62.9 cm³/mol. The Kier molecular flexibility index (Phi) is 3.98. The van der Waals surface area contributed by atoms with Gasteiger partial charge in [0.2, 0.25) is 5.91 Å². The molecule has 1 saturated heterocycles. The first kappa shape index (κ1) is 14.5. The first-order chi connectivity index (χ1) is 8.14. The van der Waals surface area contributed by atoms with Crippen molar-refractivity contribution in [3.8, 4) is 0 Å². The molecular formula is C12H19NO5. The molecule has 1 fully saturated rings. The van der Waals surface area contributed by atoms with Crippen molar-refractivity contribution in [1.82, 2.24) is 4.90 Å². The van der Waals surface area contributed by atoms with Gasteiger partial charge in [-0.15, -0.1) is 0 Å². The van der Waals surface area contributed by atoms with E-state index in [4.69, 9.17) is 9.84 Å². The number of esters is 1. The average Bonchev–Trinajstić information content (AvgIpc) is 2.58. The molecule has 2 unspecified atom stereocenters. The fraction of sp³-hybridized carbons (Fsp3) is 0.750. The zero-order chi connectivity index (χ0) is 14.1. The third-order valence-electron chi connectivity index (χ3n) is 3.20. The second-order valence-corrected chi connectivity index (χ2v) is 5.55. The van der Waals surface area contributed by atoms with Crippen LogP contribution in [0.15, 0.2) is 0 Å². The van der Waals surface area contributed by atoms with E-state index < -0.39 is 24.0 Å². The lowest BCUT2D eigenvalue weighted by Gasteiger charge is -2.29. The van der Waals surface area contributed by atoms with Crippen LogP contribution >= 0.6 is 0 Å². The normalized spacial score (nSPS) is 21.9. The first-order valence-electron chi connectivity index (χ1n) is 5.90. The Bertz CT molecular complexity index is 371. The molecule has 6 heteroatoms. The highest BCUT2D eigenvalue weighted by atomic mass is 16.5.